The Morgan fingerprint density at radius 2 is 1.88 bits per heavy atom. The monoisotopic (exact) mass is 346 g/mol. The Morgan fingerprint density at radius 3 is 2.46 bits per heavy atom. The van der Waals surface area contributed by atoms with Gasteiger partial charge in [0.15, 0.2) is 0 Å². The van der Waals surface area contributed by atoms with Gasteiger partial charge in [-0.1, -0.05) is 29.8 Å². The normalized spacial score (nSPS) is 17.1. The summed E-state index contributed by atoms with van der Waals surface area (Å²) < 4.78 is 1.74. The van der Waals surface area contributed by atoms with Gasteiger partial charge in [-0.15, -0.1) is 0 Å². The maximum absolute atomic E-state index is 12.7. The quantitative estimate of drug-likeness (QED) is 0.858. The summed E-state index contributed by atoms with van der Waals surface area (Å²) in [6, 6.07) is 8.21. The third-order valence-electron chi connectivity index (χ3n) is 4.97. The number of nitrogens with zero attached hydrogens (tertiary/aromatic N) is 4. The first kappa shape index (κ1) is 17.0. The highest BCUT2D eigenvalue weighted by Crippen LogP contribution is 2.28. The minimum Gasteiger partial charge on any atom is -0.336 e. The lowest BCUT2D eigenvalue weighted by Crippen LogP contribution is -2.49. The largest absolute Gasteiger partial charge is 0.336 e. The molecule has 1 atom stereocenters. The van der Waals surface area contributed by atoms with E-state index in [0.29, 0.717) is 5.56 Å². The number of benzene rings is 1. The molecular weight excluding hydrogens is 324 g/mol. The number of hydrogen-bond donors (Lipinski definition) is 0. The van der Waals surface area contributed by atoms with Gasteiger partial charge in [0.25, 0.3) is 5.91 Å². The van der Waals surface area contributed by atoms with E-state index in [4.69, 9.17) is 11.6 Å². The van der Waals surface area contributed by atoms with Crippen LogP contribution in [-0.4, -0.2) is 51.7 Å². The van der Waals surface area contributed by atoms with Gasteiger partial charge in [0.2, 0.25) is 0 Å². The van der Waals surface area contributed by atoms with Crippen LogP contribution < -0.4 is 0 Å². The minimum absolute atomic E-state index is 0.0747. The van der Waals surface area contributed by atoms with Crippen molar-refractivity contribution < 1.29 is 4.79 Å². The SMILES string of the molecule is Cc1c(C(=O)N2CCN(C(C)c3ccccc3Cl)CC2)cnn1C. The van der Waals surface area contributed by atoms with Crippen molar-refractivity contribution in [2.24, 2.45) is 7.05 Å². The van der Waals surface area contributed by atoms with Crippen molar-refractivity contribution in [3.05, 3.63) is 52.3 Å². The summed E-state index contributed by atoms with van der Waals surface area (Å²) in [6.07, 6.45) is 1.66. The average molecular weight is 347 g/mol. The lowest BCUT2D eigenvalue weighted by Gasteiger charge is -2.38. The predicted molar refractivity (Wildman–Crippen MR) is 95.3 cm³/mol. The number of amides is 1. The molecule has 1 aromatic carbocycles. The lowest BCUT2D eigenvalue weighted by atomic mass is 10.1. The Balaban J connectivity index is 1.64. The van der Waals surface area contributed by atoms with Crippen LogP contribution in [-0.2, 0) is 7.05 Å². The molecule has 6 heteroatoms. The second-order valence-electron chi connectivity index (χ2n) is 6.29. The fourth-order valence-electron chi connectivity index (χ4n) is 3.20. The summed E-state index contributed by atoms with van der Waals surface area (Å²) in [5, 5.41) is 4.97. The van der Waals surface area contributed by atoms with E-state index in [9.17, 15) is 4.79 Å². The van der Waals surface area contributed by atoms with Crippen LogP contribution in [0.1, 0.15) is 34.6 Å². The molecule has 0 saturated carbocycles. The summed E-state index contributed by atoms with van der Waals surface area (Å²) >= 11 is 6.32. The number of rotatable bonds is 3. The lowest BCUT2D eigenvalue weighted by molar-refractivity contribution is 0.0581. The number of carbonyl (C=O) groups excluding carboxylic acids is 1. The fraction of sp³-hybridized carbons (Fsp3) is 0.444. The van der Waals surface area contributed by atoms with E-state index in [-0.39, 0.29) is 11.9 Å². The van der Waals surface area contributed by atoms with Crippen LogP contribution in [0.4, 0.5) is 0 Å². The van der Waals surface area contributed by atoms with E-state index in [2.05, 4.69) is 23.0 Å². The highest BCUT2D eigenvalue weighted by atomic mass is 35.5. The zero-order valence-corrected chi connectivity index (χ0v) is 15.1. The van der Waals surface area contributed by atoms with E-state index in [0.717, 1.165) is 42.5 Å². The number of hydrogen-bond acceptors (Lipinski definition) is 3. The van der Waals surface area contributed by atoms with Gasteiger partial charge >= 0.3 is 0 Å². The predicted octanol–water partition coefficient (Wildman–Crippen LogP) is 2.90. The van der Waals surface area contributed by atoms with Crippen molar-refractivity contribution in [2.75, 3.05) is 26.2 Å². The molecule has 0 radical (unpaired) electrons. The molecule has 3 rings (SSSR count). The number of piperazine rings is 1. The van der Waals surface area contributed by atoms with Crippen molar-refractivity contribution in [3.8, 4) is 0 Å². The highest BCUT2D eigenvalue weighted by molar-refractivity contribution is 6.31. The van der Waals surface area contributed by atoms with Crippen LogP contribution >= 0.6 is 11.6 Å². The van der Waals surface area contributed by atoms with Crippen LogP contribution in [0.15, 0.2) is 30.5 Å². The molecule has 5 nitrogen and oxygen atoms in total. The standard InChI is InChI=1S/C18H23ClN4O/c1-13-16(12-20-21(13)3)18(24)23-10-8-22(9-11-23)14(2)15-6-4-5-7-17(15)19/h4-7,12,14H,8-11H2,1-3H3. The van der Waals surface area contributed by atoms with E-state index < -0.39 is 0 Å². The van der Waals surface area contributed by atoms with Gasteiger partial charge in [-0.25, -0.2) is 0 Å². The van der Waals surface area contributed by atoms with Crippen molar-refractivity contribution >= 4 is 17.5 Å². The van der Waals surface area contributed by atoms with Crippen LogP contribution in [0.5, 0.6) is 0 Å². The summed E-state index contributed by atoms with van der Waals surface area (Å²) in [5.74, 6) is 0.0747. The molecule has 1 amide bonds. The summed E-state index contributed by atoms with van der Waals surface area (Å²) in [5.41, 5.74) is 2.75. The summed E-state index contributed by atoms with van der Waals surface area (Å²) in [4.78, 5) is 17.0. The molecule has 0 bridgehead atoms. The van der Waals surface area contributed by atoms with Crippen molar-refractivity contribution in [2.45, 2.75) is 19.9 Å². The average Bonchev–Trinajstić information content (AvgIpc) is 2.93. The van der Waals surface area contributed by atoms with E-state index in [1.165, 1.54) is 0 Å². The van der Waals surface area contributed by atoms with E-state index >= 15 is 0 Å². The maximum atomic E-state index is 12.7. The zero-order valence-electron chi connectivity index (χ0n) is 14.4. The second-order valence-corrected chi connectivity index (χ2v) is 6.70. The van der Waals surface area contributed by atoms with Crippen LogP contribution in [0.25, 0.3) is 0 Å². The molecule has 1 unspecified atom stereocenters. The van der Waals surface area contributed by atoms with Gasteiger partial charge in [-0.3, -0.25) is 14.4 Å². The molecule has 2 aromatic rings. The summed E-state index contributed by atoms with van der Waals surface area (Å²) in [6.45, 7) is 7.23. The van der Waals surface area contributed by atoms with Gasteiger partial charge in [-0.2, -0.15) is 5.10 Å². The first-order valence-electron chi connectivity index (χ1n) is 8.25. The van der Waals surface area contributed by atoms with Crippen molar-refractivity contribution in [1.82, 2.24) is 19.6 Å². The third-order valence-corrected chi connectivity index (χ3v) is 5.31. The molecule has 1 fully saturated rings. The molecule has 128 valence electrons. The first-order chi connectivity index (χ1) is 11.5. The number of aromatic nitrogens is 2. The topological polar surface area (TPSA) is 41.4 Å². The summed E-state index contributed by atoms with van der Waals surface area (Å²) in [7, 11) is 1.86. The minimum atomic E-state index is 0.0747. The van der Waals surface area contributed by atoms with Crippen molar-refractivity contribution in [1.29, 1.82) is 0 Å². The molecule has 2 heterocycles. The molecule has 0 spiro atoms. The van der Waals surface area contributed by atoms with Crippen LogP contribution in [0, 0.1) is 6.92 Å². The molecule has 1 aromatic heterocycles. The number of carbonyl (C=O) groups is 1. The van der Waals surface area contributed by atoms with Gasteiger partial charge in [0.1, 0.15) is 0 Å². The second kappa shape index (κ2) is 6.95. The molecule has 1 saturated heterocycles. The number of halogens is 1. The number of aryl methyl sites for hydroxylation is 1. The van der Waals surface area contributed by atoms with Gasteiger partial charge < -0.3 is 4.90 Å². The van der Waals surface area contributed by atoms with Gasteiger partial charge in [0, 0.05) is 50.0 Å². The molecule has 0 aliphatic carbocycles. The van der Waals surface area contributed by atoms with E-state index in [1.807, 2.05) is 37.1 Å². The van der Waals surface area contributed by atoms with Gasteiger partial charge in [0.05, 0.1) is 11.8 Å². The highest BCUT2D eigenvalue weighted by Gasteiger charge is 2.27. The Bertz CT molecular complexity index is 734. The molecule has 1 aliphatic rings. The fourth-order valence-corrected chi connectivity index (χ4v) is 3.50. The third kappa shape index (κ3) is 3.19. The Hall–Kier alpha value is -1.85. The molecular formula is C18H23ClN4O. The zero-order chi connectivity index (χ0) is 17.3. The molecule has 24 heavy (non-hydrogen) atoms. The molecule has 1 aliphatic heterocycles. The Morgan fingerprint density at radius 1 is 1.21 bits per heavy atom. The maximum Gasteiger partial charge on any atom is 0.257 e. The smallest absolute Gasteiger partial charge is 0.257 e. The van der Waals surface area contributed by atoms with Crippen LogP contribution in [0.2, 0.25) is 5.02 Å². The first-order valence-corrected chi connectivity index (χ1v) is 8.63. The Kier molecular flexibility index (Phi) is 4.92. The van der Waals surface area contributed by atoms with E-state index in [1.54, 1.807) is 10.9 Å². The van der Waals surface area contributed by atoms with Gasteiger partial charge in [-0.05, 0) is 25.5 Å². The molecule has 0 N–H and O–H groups in total. The van der Waals surface area contributed by atoms with Crippen molar-refractivity contribution in [3.63, 3.8) is 0 Å². The Labute approximate surface area is 147 Å². The van der Waals surface area contributed by atoms with Crippen LogP contribution in [0.3, 0.4) is 0 Å².